The van der Waals surface area contributed by atoms with Crippen molar-refractivity contribution in [1.82, 2.24) is 4.90 Å². The molecule has 0 saturated carbocycles. The first-order chi connectivity index (χ1) is 9.19. The minimum Gasteiger partial charge on any atom is -0.492 e. The molecule has 0 N–H and O–H groups in total. The van der Waals surface area contributed by atoms with Gasteiger partial charge in [0.2, 0.25) is 0 Å². The van der Waals surface area contributed by atoms with Crippen molar-refractivity contribution in [2.75, 3.05) is 26.2 Å². The largest absolute Gasteiger partial charge is 0.492 e. The molecule has 1 aliphatic rings. The van der Waals surface area contributed by atoms with Crippen LogP contribution in [0.3, 0.4) is 0 Å². The van der Waals surface area contributed by atoms with Crippen molar-refractivity contribution in [3.05, 3.63) is 28.8 Å². The van der Waals surface area contributed by atoms with Gasteiger partial charge in [-0.15, -0.1) is 0 Å². The first-order valence-corrected chi connectivity index (χ1v) is 7.70. The molecule has 0 aliphatic carbocycles. The van der Waals surface area contributed by atoms with E-state index in [2.05, 4.69) is 24.8 Å². The van der Waals surface area contributed by atoms with Gasteiger partial charge in [-0.1, -0.05) is 25.4 Å². The van der Waals surface area contributed by atoms with Gasteiger partial charge in [-0.05, 0) is 55.5 Å². The standard InChI is InChI=1S/C16H24ClNO/c1-3-14-11-15(6-7-16(14)17)19-10-9-18-8-4-5-13(2)12-18/h6-7,11,13H,3-5,8-10,12H2,1-2H3/t13-/m0/s1. The number of likely N-dealkylation sites (tertiary alicyclic amines) is 1. The van der Waals surface area contributed by atoms with E-state index in [9.17, 15) is 0 Å². The quantitative estimate of drug-likeness (QED) is 0.808. The van der Waals surface area contributed by atoms with Crippen LogP contribution in [0.4, 0.5) is 0 Å². The fraction of sp³-hybridized carbons (Fsp3) is 0.625. The maximum atomic E-state index is 6.10. The summed E-state index contributed by atoms with van der Waals surface area (Å²) in [7, 11) is 0. The summed E-state index contributed by atoms with van der Waals surface area (Å²) in [6, 6.07) is 5.94. The minimum atomic E-state index is 0.761. The molecular weight excluding hydrogens is 258 g/mol. The molecule has 0 spiro atoms. The number of hydrogen-bond acceptors (Lipinski definition) is 2. The Hall–Kier alpha value is -0.730. The van der Waals surface area contributed by atoms with Crippen LogP contribution in [0.15, 0.2) is 18.2 Å². The van der Waals surface area contributed by atoms with Crippen LogP contribution < -0.4 is 4.74 Å². The molecule has 1 aromatic carbocycles. The highest BCUT2D eigenvalue weighted by molar-refractivity contribution is 6.31. The zero-order valence-corrected chi connectivity index (χ0v) is 12.7. The summed E-state index contributed by atoms with van der Waals surface area (Å²) in [6.07, 6.45) is 3.64. The van der Waals surface area contributed by atoms with Crippen LogP contribution in [0.1, 0.15) is 32.3 Å². The van der Waals surface area contributed by atoms with Crippen LogP contribution in [-0.4, -0.2) is 31.1 Å². The Bertz CT molecular complexity index is 408. The van der Waals surface area contributed by atoms with E-state index in [-0.39, 0.29) is 0 Å². The lowest BCUT2D eigenvalue weighted by molar-refractivity contribution is 0.153. The van der Waals surface area contributed by atoms with Crippen molar-refractivity contribution in [3.8, 4) is 5.75 Å². The number of ether oxygens (including phenoxy) is 1. The van der Waals surface area contributed by atoms with Crippen molar-refractivity contribution in [3.63, 3.8) is 0 Å². The average Bonchev–Trinajstić information content (AvgIpc) is 2.41. The van der Waals surface area contributed by atoms with Gasteiger partial charge in [0.05, 0.1) is 0 Å². The number of piperidine rings is 1. The van der Waals surface area contributed by atoms with E-state index in [0.717, 1.165) is 41.8 Å². The Morgan fingerprint density at radius 1 is 1.42 bits per heavy atom. The molecule has 1 atom stereocenters. The fourth-order valence-corrected chi connectivity index (χ4v) is 2.95. The SMILES string of the molecule is CCc1cc(OCCN2CCC[C@H](C)C2)ccc1Cl. The average molecular weight is 282 g/mol. The summed E-state index contributed by atoms with van der Waals surface area (Å²) in [5.41, 5.74) is 1.16. The molecule has 0 unspecified atom stereocenters. The van der Waals surface area contributed by atoms with E-state index < -0.39 is 0 Å². The summed E-state index contributed by atoms with van der Waals surface area (Å²) in [5, 5.41) is 0.833. The van der Waals surface area contributed by atoms with Gasteiger partial charge in [0.25, 0.3) is 0 Å². The van der Waals surface area contributed by atoms with Gasteiger partial charge in [0.15, 0.2) is 0 Å². The minimum absolute atomic E-state index is 0.761. The van der Waals surface area contributed by atoms with Crippen LogP contribution in [0.5, 0.6) is 5.75 Å². The third kappa shape index (κ3) is 4.39. The number of benzene rings is 1. The Kier molecular flexibility index (Phi) is 5.53. The second kappa shape index (κ2) is 7.16. The normalized spacial score (nSPS) is 20.5. The van der Waals surface area contributed by atoms with Crippen LogP contribution in [-0.2, 0) is 6.42 Å². The second-order valence-electron chi connectivity index (χ2n) is 5.50. The lowest BCUT2D eigenvalue weighted by Crippen LogP contribution is -2.37. The molecular formula is C16H24ClNO. The summed E-state index contributed by atoms with van der Waals surface area (Å²) in [6.45, 7) is 8.66. The van der Waals surface area contributed by atoms with Crippen molar-refractivity contribution >= 4 is 11.6 Å². The van der Waals surface area contributed by atoms with Crippen molar-refractivity contribution < 1.29 is 4.74 Å². The monoisotopic (exact) mass is 281 g/mol. The molecule has 1 saturated heterocycles. The zero-order valence-electron chi connectivity index (χ0n) is 12.0. The highest BCUT2D eigenvalue weighted by Crippen LogP contribution is 2.22. The predicted octanol–water partition coefficient (Wildman–Crippen LogP) is 4.01. The van der Waals surface area contributed by atoms with E-state index in [1.165, 1.54) is 25.9 Å². The molecule has 19 heavy (non-hydrogen) atoms. The van der Waals surface area contributed by atoms with Crippen molar-refractivity contribution in [2.45, 2.75) is 33.1 Å². The number of rotatable bonds is 5. The smallest absolute Gasteiger partial charge is 0.119 e. The highest BCUT2D eigenvalue weighted by atomic mass is 35.5. The molecule has 1 aliphatic heterocycles. The Balaban J connectivity index is 1.79. The summed E-state index contributed by atoms with van der Waals surface area (Å²) in [5.74, 6) is 1.77. The number of hydrogen-bond donors (Lipinski definition) is 0. The summed E-state index contributed by atoms with van der Waals surface area (Å²) in [4.78, 5) is 2.50. The number of nitrogens with zero attached hydrogens (tertiary/aromatic N) is 1. The number of halogens is 1. The molecule has 1 heterocycles. The van der Waals surface area contributed by atoms with E-state index in [0.29, 0.717) is 0 Å². The molecule has 1 fully saturated rings. The van der Waals surface area contributed by atoms with Gasteiger partial charge in [-0.25, -0.2) is 0 Å². The van der Waals surface area contributed by atoms with Gasteiger partial charge < -0.3 is 4.74 Å². The molecule has 2 rings (SSSR count). The Morgan fingerprint density at radius 3 is 3.00 bits per heavy atom. The van der Waals surface area contributed by atoms with E-state index >= 15 is 0 Å². The number of aryl methyl sites for hydroxylation is 1. The third-order valence-corrected chi connectivity index (χ3v) is 4.18. The van der Waals surface area contributed by atoms with Crippen molar-refractivity contribution in [1.29, 1.82) is 0 Å². The van der Waals surface area contributed by atoms with Gasteiger partial charge in [-0.2, -0.15) is 0 Å². The first-order valence-electron chi connectivity index (χ1n) is 7.32. The fourth-order valence-electron chi connectivity index (χ4n) is 2.69. The Morgan fingerprint density at radius 2 is 2.26 bits per heavy atom. The molecule has 3 heteroatoms. The van der Waals surface area contributed by atoms with E-state index in [4.69, 9.17) is 16.3 Å². The predicted molar refractivity (Wildman–Crippen MR) is 81.2 cm³/mol. The molecule has 0 bridgehead atoms. The highest BCUT2D eigenvalue weighted by Gasteiger charge is 2.15. The molecule has 0 radical (unpaired) electrons. The van der Waals surface area contributed by atoms with Crippen LogP contribution in [0, 0.1) is 5.92 Å². The van der Waals surface area contributed by atoms with Gasteiger partial charge in [0.1, 0.15) is 12.4 Å². The van der Waals surface area contributed by atoms with E-state index in [1.807, 2.05) is 12.1 Å². The summed E-state index contributed by atoms with van der Waals surface area (Å²) >= 11 is 6.10. The van der Waals surface area contributed by atoms with Crippen LogP contribution in [0.25, 0.3) is 0 Å². The van der Waals surface area contributed by atoms with Gasteiger partial charge in [0, 0.05) is 18.1 Å². The maximum Gasteiger partial charge on any atom is 0.119 e. The van der Waals surface area contributed by atoms with Gasteiger partial charge >= 0.3 is 0 Å². The molecule has 0 amide bonds. The molecule has 0 aromatic heterocycles. The zero-order chi connectivity index (χ0) is 13.7. The lowest BCUT2D eigenvalue weighted by atomic mass is 10.0. The topological polar surface area (TPSA) is 12.5 Å². The van der Waals surface area contributed by atoms with Crippen LogP contribution >= 0.6 is 11.6 Å². The second-order valence-corrected chi connectivity index (χ2v) is 5.91. The summed E-state index contributed by atoms with van der Waals surface area (Å²) < 4.78 is 5.84. The third-order valence-electron chi connectivity index (χ3n) is 3.82. The molecule has 106 valence electrons. The lowest BCUT2D eigenvalue weighted by Gasteiger charge is -2.30. The molecule has 1 aromatic rings. The van der Waals surface area contributed by atoms with Gasteiger partial charge in [-0.3, -0.25) is 4.90 Å². The van der Waals surface area contributed by atoms with E-state index in [1.54, 1.807) is 0 Å². The van der Waals surface area contributed by atoms with Crippen molar-refractivity contribution in [2.24, 2.45) is 5.92 Å². The maximum absolute atomic E-state index is 6.10. The molecule has 2 nitrogen and oxygen atoms in total. The van der Waals surface area contributed by atoms with Crippen LogP contribution in [0.2, 0.25) is 5.02 Å². The first kappa shape index (κ1) is 14.7. The Labute approximate surface area is 121 Å².